The van der Waals surface area contributed by atoms with Crippen LogP contribution in [0, 0.1) is 6.92 Å². The number of hydrogen-bond acceptors (Lipinski definition) is 8. The van der Waals surface area contributed by atoms with E-state index in [4.69, 9.17) is 0 Å². The van der Waals surface area contributed by atoms with Crippen LogP contribution in [0.5, 0.6) is 0 Å². The molecule has 5 rings (SSSR count). The first-order valence-electron chi connectivity index (χ1n) is 9.87. The van der Waals surface area contributed by atoms with Crippen molar-refractivity contribution >= 4 is 72.6 Å². The quantitative estimate of drug-likeness (QED) is 0.253. The van der Waals surface area contributed by atoms with Crippen LogP contribution in [0.15, 0.2) is 69.3 Å². The highest BCUT2D eigenvalue weighted by Gasteiger charge is 2.12. The summed E-state index contributed by atoms with van der Waals surface area (Å²) in [5.74, 6) is 0.166. The SMILES string of the molecule is Cc1c(CSc2nc3ccccc3s2)cc(C(=O)[O-])cc1CSc1nc2ccccc2s1. The van der Waals surface area contributed by atoms with Crippen LogP contribution in [-0.4, -0.2) is 15.9 Å². The number of hydrogen-bond donors (Lipinski definition) is 0. The van der Waals surface area contributed by atoms with Gasteiger partial charge in [-0.1, -0.05) is 47.8 Å². The number of rotatable bonds is 7. The molecule has 0 bridgehead atoms. The van der Waals surface area contributed by atoms with Gasteiger partial charge in [0.25, 0.3) is 0 Å². The molecular formula is C24H17N2O2S4-. The third-order valence-electron chi connectivity index (χ3n) is 5.11. The number of thiazole rings is 2. The third-order valence-corrected chi connectivity index (χ3v) is 9.57. The van der Waals surface area contributed by atoms with Crippen LogP contribution < -0.4 is 5.11 Å². The molecule has 0 unspecified atom stereocenters. The highest BCUT2D eigenvalue weighted by molar-refractivity contribution is 8.00. The van der Waals surface area contributed by atoms with Crippen LogP contribution >= 0.6 is 46.2 Å². The van der Waals surface area contributed by atoms with Crippen LogP contribution in [0.1, 0.15) is 27.0 Å². The van der Waals surface area contributed by atoms with Crippen molar-refractivity contribution in [3.63, 3.8) is 0 Å². The lowest BCUT2D eigenvalue weighted by molar-refractivity contribution is -0.255. The molecule has 5 aromatic rings. The zero-order valence-electron chi connectivity index (χ0n) is 17.0. The Balaban J connectivity index is 1.37. The first kappa shape index (κ1) is 21.5. The molecule has 4 nitrogen and oxygen atoms in total. The van der Waals surface area contributed by atoms with Crippen LogP contribution in [0.25, 0.3) is 20.4 Å². The summed E-state index contributed by atoms with van der Waals surface area (Å²) in [4.78, 5) is 21.0. The van der Waals surface area contributed by atoms with E-state index in [0.717, 1.165) is 45.8 Å². The summed E-state index contributed by atoms with van der Waals surface area (Å²) in [7, 11) is 0. The van der Waals surface area contributed by atoms with Gasteiger partial charge in [0.1, 0.15) is 0 Å². The molecule has 160 valence electrons. The number of thioether (sulfide) groups is 2. The van der Waals surface area contributed by atoms with E-state index < -0.39 is 5.97 Å². The van der Waals surface area contributed by atoms with Crippen LogP contribution in [0.2, 0.25) is 0 Å². The van der Waals surface area contributed by atoms with E-state index in [1.54, 1.807) is 58.3 Å². The van der Waals surface area contributed by atoms with Gasteiger partial charge in [0.15, 0.2) is 8.68 Å². The topological polar surface area (TPSA) is 65.9 Å². The van der Waals surface area contributed by atoms with Crippen LogP contribution in [0.4, 0.5) is 0 Å². The van der Waals surface area contributed by atoms with E-state index in [-0.39, 0.29) is 5.56 Å². The van der Waals surface area contributed by atoms with E-state index in [2.05, 4.69) is 29.0 Å². The van der Waals surface area contributed by atoms with E-state index >= 15 is 0 Å². The molecule has 0 atom stereocenters. The van der Waals surface area contributed by atoms with Crippen molar-refractivity contribution in [1.29, 1.82) is 0 Å². The second-order valence-corrected chi connectivity index (χ2v) is 11.7. The molecular weight excluding hydrogens is 477 g/mol. The third kappa shape index (κ3) is 4.54. The summed E-state index contributed by atoms with van der Waals surface area (Å²) in [6, 6.07) is 19.6. The Morgan fingerprint density at radius 2 is 1.31 bits per heavy atom. The molecule has 3 aromatic carbocycles. The predicted octanol–water partition coefficient (Wildman–Crippen LogP) is 6.16. The summed E-state index contributed by atoms with van der Waals surface area (Å²) >= 11 is 6.59. The van der Waals surface area contributed by atoms with Crippen molar-refractivity contribution in [3.05, 3.63) is 82.9 Å². The van der Waals surface area contributed by atoms with Crippen molar-refractivity contribution in [2.24, 2.45) is 0 Å². The largest absolute Gasteiger partial charge is 0.545 e. The standard InChI is InChI=1S/C24H18N2O2S4/c1-14-16(12-29-23-25-18-6-2-4-8-20(18)31-23)10-15(22(27)28)11-17(14)13-30-24-26-19-7-3-5-9-21(19)32-24/h2-11H,12-13H2,1H3,(H,27,28)/p-1. The number of fused-ring (bicyclic) bond motifs is 2. The van der Waals surface area contributed by atoms with Gasteiger partial charge in [0, 0.05) is 11.5 Å². The van der Waals surface area contributed by atoms with Gasteiger partial charge in [-0.2, -0.15) is 0 Å². The minimum Gasteiger partial charge on any atom is -0.545 e. The number of benzene rings is 3. The monoisotopic (exact) mass is 493 g/mol. The van der Waals surface area contributed by atoms with Gasteiger partial charge in [-0.3, -0.25) is 0 Å². The molecule has 0 N–H and O–H groups in total. The number of carboxylic acids is 1. The fourth-order valence-electron chi connectivity index (χ4n) is 3.36. The Hall–Kier alpha value is -2.39. The minimum atomic E-state index is -1.15. The van der Waals surface area contributed by atoms with Crippen molar-refractivity contribution in [1.82, 2.24) is 9.97 Å². The Morgan fingerprint density at radius 1 is 0.844 bits per heavy atom. The number of carboxylic acid groups (broad SMARTS) is 1. The molecule has 0 aliphatic carbocycles. The first-order valence-corrected chi connectivity index (χ1v) is 13.5. The molecule has 0 saturated heterocycles. The predicted molar refractivity (Wildman–Crippen MR) is 134 cm³/mol. The minimum absolute atomic E-state index is 0.218. The van der Waals surface area contributed by atoms with Crippen molar-refractivity contribution in [2.75, 3.05) is 0 Å². The normalized spacial score (nSPS) is 11.4. The van der Waals surface area contributed by atoms with Gasteiger partial charge in [0.05, 0.1) is 26.4 Å². The van der Waals surface area contributed by atoms with Crippen molar-refractivity contribution in [2.45, 2.75) is 27.1 Å². The number of para-hydroxylation sites is 2. The van der Waals surface area contributed by atoms with Gasteiger partial charge in [0.2, 0.25) is 0 Å². The molecule has 0 saturated carbocycles. The average Bonchev–Trinajstić information content (AvgIpc) is 3.40. The van der Waals surface area contributed by atoms with Gasteiger partial charge >= 0.3 is 0 Å². The van der Waals surface area contributed by atoms with E-state index in [1.807, 2.05) is 36.4 Å². The number of carbonyl (C=O) groups excluding carboxylic acids is 1. The molecule has 0 fully saturated rings. The Bertz CT molecular complexity index is 1280. The molecule has 8 heteroatoms. The van der Waals surface area contributed by atoms with E-state index in [0.29, 0.717) is 11.5 Å². The lowest BCUT2D eigenvalue weighted by atomic mass is 10.0. The molecule has 0 aliphatic rings. The average molecular weight is 494 g/mol. The number of carbonyl (C=O) groups is 1. The maximum atomic E-state index is 11.7. The van der Waals surface area contributed by atoms with Gasteiger partial charge in [-0.05, 0) is 65.6 Å². The summed E-state index contributed by atoms with van der Waals surface area (Å²) in [5, 5.41) is 11.7. The first-order chi connectivity index (χ1) is 15.6. The molecule has 2 aromatic heterocycles. The highest BCUT2D eigenvalue weighted by atomic mass is 32.2. The zero-order valence-corrected chi connectivity index (χ0v) is 20.3. The molecule has 0 aliphatic heterocycles. The van der Waals surface area contributed by atoms with E-state index in [1.165, 1.54) is 0 Å². The Labute approximate surface area is 201 Å². The molecule has 32 heavy (non-hydrogen) atoms. The maximum absolute atomic E-state index is 11.7. The molecule has 0 spiro atoms. The second kappa shape index (κ2) is 9.23. The second-order valence-electron chi connectivity index (χ2n) is 7.18. The van der Waals surface area contributed by atoms with Crippen molar-refractivity contribution in [3.8, 4) is 0 Å². The molecule has 2 heterocycles. The molecule has 0 radical (unpaired) electrons. The van der Waals surface area contributed by atoms with Crippen LogP contribution in [0.3, 0.4) is 0 Å². The van der Waals surface area contributed by atoms with E-state index in [9.17, 15) is 9.90 Å². The van der Waals surface area contributed by atoms with Gasteiger partial charge in [-0.25, -0.2) is 9.97 Å². The lowest BCUT2D eigenvalue weighted by Crippen LogP contribution is -2.22. The number of aromatic carboxylic acids is 1. The fourth-order valence-corrected chi connectivity index (χ4v) is 7.60. The molecule has 0 amide bonds. The van der Waals surface area contributed by atoms with Gasteiger partial charge in [-0.15, -0.1) is 22.7 Å². The van der Waals surface area contributed by atoms with Gasteiger partial charge < -0.3 is 9.90 Å². The number of nitrogens with zero attached hydrogens (tertiary/aromatic N) is 2. The number of aromatic nitrogens is 2. The summed E-state index contributed by atoms with van der Waals surface area (Å²) < 4.78 is 4.27. The van der Waals surface area contributed by atoms with Crippen LogP contribution in [-0.2, 0) is 11.5 Å². The smallest absolute Gasteiger partial charge is 0.151 e. The lowest BCUT2D eigenvalue weighted by Gasteiger charge is -2.14. The fraction of sp³-hybridized carbons (Fsp3) is 0.125. The summed E-state index contributed by atoms with van der Waals surface area (Å²) in [6.07, 6.45) is 0. The summed E-state index contributed by atoms with van der Waals surface area (Å²) in [5.41, 5.74) is 5.31. The maximum Gasteiger partial charge on any atom is 0.151 e. The Morgan fingerprint density at radius 3 is 1.75 bits per heavy atom. The zero-order chi connectivity index (χ0) is 22.1. The van der Waals surface area contributed by atoms with Crippen molar-refractivity contribution < 1.29 is 9.90 Å². The summed E-state index contributed by atoms with van der Waals surface area (Å²) in [6.45, 7) is 2.06. The highest BCUT2D eigenvalue weighted by Crippen LogP contribution is 2.35. The Kier molecular flexibility index (Phi) is 6.19.